The number of aliphatic hydroxyl groups is 1. The number of hydrogen-bond donors (Lipinski definition) is 3. The zero-order valence-electron chi connectivity index (χ0n) is 21.9. The van der Waals surface area contributed by atoms with E-state index in [9.17, 15) is 17.9 Å². The van der Waals surface area contributed by atoms with Crippen molar-refractivity contribution in [1.82, 2.24) is 9.62 Å². The van der Waals surface area contributed by atoms with Crippen LogP contribution in [0.4, 0.5) is 10.1 Å². The third kappa shape index (κ3) is 5.97. The first-order valence-corrected chi connectivity index (χ1v) is 15.0. The van der Waals surface area contributed by atoms with E-state index in [1.807, 2.05) is 24.3 Å². The molecule has 2 aromatic carbocycles. The first-order valence-electron chi connectivity index (χ1n) is 13.4. The van der Waals surface area contributed by atoms with Crippen LogP contribution in [0.5, 0.6) is 0 Å². The maximum atomic E-state index is 14.4. The van der Waals surface area contributed by atoms with E-state index in [-0.39, 0.29) is 24.6 Å². The van der Waals surface area contributed by atoms with E-state index in [2.05, 4.69) is 19.9 Å². The Morgan fingerprint density at radius 3 is 2.42 bits per heavy atom. The largest absolute Gasteiger partial charge is 0.457 e. The molecule has 2 atom stereocenters. The average molecular weight is 545 g/mol. The van der Waals surface area contributed by atoms with E-state index in [0.717, 1.165) is 37.7 Å². The zero-order valence-corrected chi connectivity index (χ0v) is 22.8. The summed E-state index contributed by atoms with van der Waals surface area (Å²) < 4.78 is 49.7. The lowest BCUT2D eigenvalue weighted by atomic mass is 9.97. The van der Waals surface area contributed by atoms with Gasteiger partial charge in [0.15, 0.2) is 0 Å². The van der Waals surface area contributed by atoms with Crippen LogP contribution in [0.15, 0.2) is 53.5 Å². The van der Waals surface area contributed by atoms with Gasteiger partial charge in [-0.1, -0.05) is 30.3 Å². The molecule has 1 saturated carbocycles. The summed E-state index contributed by atoms with van der Waals surface area (Å²) in [4.78, 5) is 6.95. The lowest BCUT2D eigenvalue weighted by Gasteiger charge is -2.39. The van der Waals surface area contributed by atoms with E-state index in [4.69, 9.17) is 4.74 Å². The van der Waals surface area contributed by atoms with Gasteiger partial charge in [-0.25, -0.2) is 22.5 Å². The molecular formula is C28H37FN4O4S. The third-order valence-corrected chi connectivity index (χ3v) is 9.57. The quantitative estimate of drug-likeness (QED) is 0.462. The fourth-order valence-electron chi connectivity index (χ4n) is 5.65. The minimum absolute atomic E-state index is 0.118. The number of amidine groups is 1. The van der Waals surface area contributed by atoms with Gasteiger partial charge < -0.3 is 20.1 Å². The summed E-state index contributed by atoms with van der Waals surface area (Å²) in [7, 11) is -3.92. The van der Waals surface area contributed by atoms with Gasteiger partial charge in [0.05, 0.1) is 6.04 Å². The molecule has 2 unspecified atom stereocenters. The molecule has 0 radical (unpaired) electrons. The minimum Gasteiger partial charge on any atom is -0.457 e. The third-order valence-electron chi connectivity index (χ3n) is 7.65. The van der Waals surface area contributed by atoms with Crippen molar-refractivity contribution < 1.29 is 22.7 Å². The van der Waals surface area contributed by atoms with Crippen molar-refractivity contribution in [2.45, 2.75) is 74.9 Å². The van der Waals surface area contributed by atoms with Gasteiger partial charge in [-0.05, 0) is 69.7 Å². The molecule has 0 amide bonds. The smallest absolute Gasteiger partial charge is 0.299 e. The highest BCUT2D eigenvalue weighted by molar-refractivity contribution is 7.90. The first-order chi connectivity index (χ1) is 18.2. The van der Waals surface area contributed by atoms with Gasteiger partial charge in [-0.2, -0.15) is 0 Å². The average Bonchev–Trinajstić information content (AvgIpc) is 3.70. The lowest BCUT2D eigenvalue weighted by Crippen LogP contribution is -2.53. The van der Waals surface area contributed by atoms with Crippen molar-refractivity contribution in [3.63, 3.8) is 0 Å². The number of likely N-dealkylation sites (tertiary alicyclic amines) is 1. The predicted molar refractivity (Wildman–Crippen MR) is 146 cm³/mol. The number of halogens is 1. The molecule has 3 fully saturated rings. The zero-order chi connectivity index (χ0) is 26.9. The van der Waals surface area contributed by atoms with Crippen LogP contribution >= 0.6 is 0 Å². The second-order valence-corrected chi connectivity index (χ2v) is 12.8. The van der Waals surface area contributed by atoms with E-state index >= 15 is 0 Å². The van der Waals surface area contributed by atoms with Gasteiger partial charge in [0.25, 0.3) is 6.02 Å². The summed E-state index contributed by atoms with van der Waals surface area (Å²) >= 11 is 0. The first kappa shape index (κ1) is 26.9. The summed E-state index contributed by atoms with van der Waals surface area (Å²) in [5.41, 5.74) is 0.694. The van der Waals surface area contributed by atoms with Crippen molar-refractivity contribution in [2.24, 2.45) is 4.99 Å². The highest BCUT2D eigenvalue weighted by Gasteiger charge is 2.48. The van der Waals surface area contributed by atoms with Gasteiger partial charge in [0, 0.05) is 43.0 Å². The summed E-state index contributed by atoms with van der Waals surface area (Å²) in [6.07, 6.45) is 4.99. The van der Waals surface area contributed by atoms with E-state index in [1.54, 1.807) is 32.0 Å². The fraction of sp³-hybridized carbons (Fsp3) is 0.536. The molecule has 1 aliphatic carbocycles. The highest BCUT2D eigenvalue weighted by atomic mass is 32.2. The van der Waals surface area contributed by atoms with Crippen molar-refractivity contribution in [3.8, 4) is 0 Å². The molecule has 5 rings (SSSR count). The van der Waals surface area contributed by atoms with Crippen LogP contribution in [0.3, 0.4) is 0 Å². The van der Waals surface area contributed by atoms with Crippen LogP contribution in [0.1, 0.15) is 68.4 Å². The molecule has 206 valence electrons. The maximum Gasteiger partial charge on any atom is 0.299 e. The molecule has 10 heteroatoms. The van der Waals surface area contributed by atoms with Crippen molar-refractivity contribution in [1.29, 1.82) is 0 Å². The number of anilines is 1. The molecule has 0 aromatic heterocycles. The molecule has 2 saturated heterocycles. The number of aliphatic imine (C=N–C) groups is 1. The minimum atomic E-state index is -3.92. The van der Waals surface area contributed by atoms with Gasteiger partial charge in [0.2, 0.25) is 10.0 Å². The number of rotatable bonds is 8. The van der Waals surface area contributed by atoms with Crippen LogP contribution in [0.2, 0.25) is 0 Å². The summed E-state index contributed by atoms with van der Waals surface area (Å²) in [5, 5.41) is 12.1. The van der Waals surface area contributed by atoms with Crippen LogP contribution in [-0.2, 0) is 14.8 Å². The number of benzene rings is 2. The van der Waals surface area contributed by atoms with Crippen molar-refractivity contribution >= 4 is 21.7 Å². The standard InChI is InChI=1S/C28H37FN4O4S/c1-28(2)26(19-7-9-20(10-8-19)30-21-13-16-33(17-14-21)22-11-12-22)38(35,36)32-27(37-28)31-25(15-18-34)23-5-3-4-6-24(23)29/h3-10,21-22,25-26,30,34H,11-18H2,1-2H3,(H,31,32). The van der Waals surface area contributed by atoms with Gasteiger partial charge >= 0.3 is 0 Å². The molecular weight excluding hydrogens is 507 g/mol. The van der Waals surface area contributed by atoms with Crippen LogP contribution in [0.25, 0.3) is 0 Å². The molecule has 38 heavy (non-hydrogen) atoms. The monoisotopic (exact) mass is 544 g/mol. The van der Waals surface area contributed by atoms with Crippen molar-refractivity contribution in [3.05, 3.63) is 65.5 Å². The Bertz CT molecular complexity index is 1260. The number of aliphatic hydroxyl groups excluding tert-OH is 1. The number of piperidine rings is 1. The van der Waals surface area contributed by atoms with E-state index < -0.39 is 32.7 Å². The molecule has 8 nitrogen and oxygen atoms in total. The van der Waals surface area contributed by atoms with Crippen LogP contribution < -0.4 is 10.0 Å². The van der Waals surface area contributed by atoms with E-state index in [0.29, 0.717) is 11.6 Å². The number of hydrogen-bond acceptors (Lipinski definition) is 7. The lowest BCUT2D eigenvalue weighted by molar-refractivity contribution is 0.0758. The Balaban J connectivity index is 1.29. The van der Waals surface area contributed by atoms with Crippen molar-refractivity contribution in [2.75, 3.05) is 25.0 Å². The number of sulfonamides is 1. The Hall–Kier alpha value is -2.69. The Morgan fingerprint density at radius 1 is 1.13 bits per heavy atom. The fourth-order valence-corrected chi connectivity index (χ4v) is 7.41. The van der Waals surface area contributed by atoms with Crippen LogP contribution in [0, 0.1) is 5.82 Å². The Labute approximate surface area is 224 Å². The molecule has 3 aliphatic rings. The Kier molecular flexibility index (Phi) is 7.66. The van der Waals surface area contributed by atoms with E-state index in [1.165, 1.54) is 18.9 Å². The van der Waals surface area contributed by atoms with Gasteiger partial charge in [-0.15, -0.1) is 0 Å². The number of ether oxygens (including phenoxy) is 1. The number of nitrogens with zero attached hydrogens (tertiary/aromatic N) is 2. The van der Waals surface area contributed by atoms with Crippen LogP contribution in [-0.4, -0.2) is 61.8 Å². The SMILES string of the molecule is CC1(C)OC(=NC(CCO)c2ccccc2F)NS(=O)(=O)C1c1ccc(NC2CCN(C3CC3)CC2)cc1. The summed E-state index contributed by atoms with van der Waals surface area (Å²) in [6.45, 7) is 5.41. The van der Waals surface area contributed by atoms with Gasteiger partial charge in [0.1, 0.15) is 16.7 Å². The molecule has 2 heterocycles. The molecule has 3 N–H and O–H groups in total. The highest BCUT2D eigenvalue weighted by Crippen LogP contribution is 2.39. The topological polar surface area (TPSA) is 103 Å². The Morgan fingerprint density at radius 2 is 1.82 bits per heavy atom. The summed E-state index contributed by atoms with van der Waals surface area (Å²) in [5.74, 6) is -0.478. The second-order valence-electron chi connectivity index (χ2n) is 11.0. The molecule has 0 bridgehead atoms. The predicted octanol–water partition coefficient (Wildman–Crippen LogP) is 4.11. The number of nitrogens with one attached hydrogen (secondary N) is 2. The normalized spacial score (nSPS) is 25.4. The molecule has 2 aromatic rings. The molecule has 2 aliphatic heterocycles. The second kappa shape index (κ2) is 10.8. The maximum absolute atomic E-state index is 14.4. The molecule has 0 spiro atoms. The van der Waals surface area contributed by atoms with Gasteiger partial charge in [-0.3, -0.25) is 0 Å². The summed E-state index contributed by atoms with van der Waals surface area (Å²) in [6, 6.07) is 13.8.